The Kier molecular flexibility index (Phi) is 3.49. The Hall–Kier alpha value is -1.27. The summed E-state index contributed by atoms with van der Waals surface area (Å²) in [4.78, 5) is 0. The summed E-state index contributed by atoms with van der Waals surface area (Å²) in [5.41, 5.74) is -0.163. The summed E-state index contributed by atoms with van der Waals surface area (Å²) in [5, 5.41) is 10.1. The largest absolute Gasteiger partial charge is 0.573 e. The Balaban J connectivity index is 1.99. The van der Waals surface area contributed by atoms with E-state index in [-0.39, 0.29) is 12.4 Å². The van der Waals surface area contributed by atoms with Crippen LogP contribution in [0.4, 0.5) is 13.2 Å². The molecule has 0 radical (unpaired) electrons. The van der Waals surface area contributed by atoms with Gasteiger partial charge < -0.3 is 14.6 Å². The molecule has 0 amide bonds. The third kappa shape index (κ3) is 3.61. The fourth-order valence-corrected chi connectivity index (χ4v) is 1.92. The molecule has 1 N–H and O–H groups in total. The second-order valence-electron chi connectivity index (χ2n) is 4.40. The molecule has 1 heterocycles. The Bertz CT molecular complexity index is 394. The van der Waals surface area contributed by atoms with Gasteiger partial charge in [0.2, 0.25) is 0 Å². The molecule has 18 heavy (non-hydrogen) atoms. The topological polar surface area (TPSA) is 38.7 Å². The predicted octanol–water partition coefficient (Wildman–Crippen LogP) is 2.28. The Morgan fingerprint density at radius 1 is 1.28 bits per heavy atom. The van der Waals surface area contributed by atoms with Crippen molar-refractivity contribution in [3.05, 3.63) is 29.8 Å². The molecular weight excluding hydrogens is 249 g/mol. The van der Waals surface area contributed by atoms with E-state index in [1.54, 1.807) is 0 Å². The summed E-state index contributed by atoms with van der Waals surface area (Å²) in [6.07, 6.45) is -3.79. The second-order valence-corrected chi connectivity index (χ2v) is 4.40. The summed E-state index contributed by atoms with van der Waals surface area (Å²) < 4.78 is 44.7. The minimum atomic E-state index is -4.68. The number of hydrogen-bond acceptors (Lipinski definition) is 3. The lowest BCUT2D eigenvalue weighted by atomic mass is 9.94. The van der Waals surface area contributed by atoms with Gasteiger partial charge in [-0.05, 0) is 17.7 Å². The van der Waals surface area contributed by atoms with Gasteiger partial charge in [0.05, 0.1) is 12.2 Å². The van der Waals surface area contributed by atoms with Crippen molar-refractivity contribution in [2.75, 3.05) is 13.2 Å². The molecule has 6 heteroatoms. The van der Waals surface area contributed by atoms with Crippen molar-refractivity contribution >= 4 is 0 Å². The summed E-state index contributed by atoms with van der Waals surface area (Å²) in [5.74, 6) is -0.263. The summed E-state index contributed by atoms with van der Waals surface area (Å²) in [6.45, 7) is 0.763. The van der Waals surface area contributed by atoms with E-state index < -0.39 is 12.0 Å². The van der Waals surface area contributed by atoms with Gasteiger partial charge in [-0.15, -0.1) is 13.2 Å². The highest BCUT2D eigenvalue weighted by molar-refractivity contribution is 5.28. The van der Waals surface area contributed by atoms with Crippen LogP contribution in [-0.2, 0) is 11.2 Å². The molecule has 0 spiro atoms. The molecule has 100 valence electrons. The van der Waals surface area contributed by atoms with Crippen molar-refractivity contribution in [3.63, 3.8) is 0 Å². The molecule has 1 fully saturated rings. The zero-order valence-electron chi connectivity index (χ0n) is 9.54. The number of halogens is 3. The highest BCUT2D eigenvalue weighted by atomic mass is 19.4. The van der Waals surface area contributed by atoms with Gasteiger partial charge in [-0.1, -0.05) is 12.1 Å². The number of aliphatic hydroxyl groups is 1. The molecule has 1 aromatic carbocycles. The molecule has 1 aromatic rings. The van der Waals surface area contributed by atoms with Crippen LogP contribution < -0.4 is 4.74 Å². The van der Waals surface area contributed by atoms with Gasteiger partial charge >= 0.3 is 6.36 Å². The van der Waals surface area contributed by atoms with Gasteiger partial charge in [-0.3, -0.25) is 0 Å². The van der Waals surface area contributed by atoms with Crippen molar-refractivity contribution in [3.8, 4) is 5.75 Å². The van der Waals surface area contributed by atoms with E-state index >= 15 is 0 Å². The molecule has 1 aliphatic rings. The monoisotopic (exact) mass is 262 g/mol. The molecule has 0 aliphatic carbocycles. The van der Waals surface area contributed by atoms with E-state index in [2.05, 4.69) is 4.74 Å². The first-order valence-electron chi connectivity index (χ1n) is 5.51. The SMILES string of the molecule is OC1(Cc2ccc(OC(F)(F)F)cc2)CCOC1. The van der Waals surface area contributed by atoms with E-state index in [4.69, 9.17) is 4.74 Å². The summed E-state index contributed by atoms with van der Waals surface area (Å²) in [7, 11) is 0. The van der Waals surface area contributed by atoms with Crippen LogP contribution in [0.25, 0.3) is 0 Å². The van der Waals surface area contributed by atoms with Crippen molar-refractivity contribution in [1.29, 1.82) is 0 Å². The van der Waals surface area contributed by atoms with Crippen molar-refractivity contribution in [1.82, 2.24) is 0 Å². The minimum absolute atomic E-state index is 0.258. The summed E-state index contributed by atoms with van der Waals surface area (Å²) >= 11 is 0. The first kappa shape index (κ1) is 13.2. The zero-order chi connectivity index (χ0) is 13.2. The minimum Gasteiger partial charge on any atom is -0.406 e. The molecule has 2 rings (SSSR count). The van der Waals surface area contributed by atoms with Crippen LogP contribution in [0.5, 0.6) is 5.75 Å². The average Bonchev–Trinajstić information content (AvgIpc) is 2.66. The standard InChI is InChI=1S/C12H13F3O3/c13-12(14,15)18-10-3-1-9(2-4-10)7-11(16)5-6-17-8-11/h1-4,16H,5-8H2. The maximum atomic E-state index is 12.0. The molecule has 1 saturated heterocycles. The molecule has 0 bridgehead atoms. The predicted molar refractivity (Wildman–Crippen MR) is 57.2 cm³/mol. The maximum absolute atomic E-state index is 12.0. The lowest BCUT2D eigenvalue weighted by Crippen LogP contribution is -2.31. The number of rotatable bonds is 3. The van der Waals surface area contributed by atoms with E-state index in [0.29, 0.717) is 19.4 Å². The first-order chi connectivity index (χ1) is 8.36. The van der Waals surface area contributed by atoms with E-state index in [1.165, 1.54) is 24.3 Å². The zero-order valence-corrected chi connectivity index (χ0v) is 9.54. The van der Waals surface area contributed by atoms with Crippen LogP contribution in [0, 0.1) is 0 Å². The van der Waals surface area contributed by atoms with E-state index in [9.17, 15) is 18.3 Å². The van der Waals surface area contributed by atoms with E-state index in [1.807, 2.05) is 0 Å². The Morgan fingerprint density at radius 3 is 2.44 bits per heavy atom. The third-order valence-electron chi connectivity index (χ3n) is 2.77. The van der Waals surface area contributed by atoms with Crippen molar-refractivity contribution in [2.45, 2.75) is 24.8 Å². The van der Waals surface area contributed by atoms with Crippen molar-refractivity contribution in [2.24, 2.45) is 0 Å². The molecule has 1 aliphatic heterocycles. The summed E-state index contributed by atoms with van der Waals surface area (Å²) in [6, 6.07) is 5.50. The quantitative estimate of drug-likeness (QED) is 0.908. The average molecular weight is 262 g/mol. The molecule has 0 saturated carbocycles. The third-order valence-corrected chi connectivity index (χ3v) is 2.77. The first-order valence-corrected chi connectivity index (χ1v) is 5.51. The van der Waals surface area contributed by atoms with Gasteiger partial charge in [0.1, 0.15) is 5.75 Å². The fourth-order valence-electron chi connectivity index (χ4n) is 1.92. The van der Waals surface area contributed by atoms with Crippen LogP contribution in [0.1, 0.15) is 12.0 Å². The van der Waals surface area contributed by atoms with Gasteiger partial charge in [0, 0.05) is 19.4 Å². The van der Waals surface area contributed by atoms with Crippen LogP contribution in [0.3, 0.4) is 0 Å². The lowest BCUT2D eigenvalue weighted by Gasteiger charge is -2.20. The molecule has 3 nitrogen and oxygen atoms in total. The van der Waals surface area contributed by atoms with Crippen LogP contribution in [0.2, 0.25) is 0 Å². The smallest absolute Gasteiger partial charge is 0.406 e. The highest BCUT2D eigenvalue weighted by Gasteiger charge is 2.33. The number of benzene rings is 1. The van der Waals surface area contributed by atoms with Gasteiger partial charge in [-0.2, -0.15) is 0 Å². The van der Waals surface area contributed by atoms with Gasteiger partial charge in [-0.25, -0.2) is 0 Å². The molecule has 1 atom stereocenters. The fraction of sp³-hybridized carbons (Fsp3) is 0.500. The van der Waals surface area contributed by atoms with Crippen LogP contribution in [0.15, 0.2) is 24.3 Å². The van der Waals surface area contributed by atoms with Crippen LogP contribution >= 0.6 is 0 Å². The number of alkyl halides is 3. The van der Waals surface area contributed by atoms with Gasteiger partial charge in [0.15, 0.2) is 0 Å². The molecular formula is C12H13F3O3. The number of ether oxygens (including phenoxy) is 2. The normalized spacial score (nSPS) is 24.2. The number of hydrogen-bond donors (Lipinski definition) is 1. The highest BCUT2D eigenvalue weighted by Crippen LogP contribution is 2.26. The molecule has 0 aromatic heterocycles. The van der Waals surface area contributed by atoms with Crippen molar-refractivity contribution < 1.29 is 27.8 Å². The van der Waals surface area contributed by atoms with Gasteiger partial charge in [0.25, 0.3) is 0 Å². The van der Waals surface area contributed by atoms with E-state index in [0.717, 1.165) is 5.56 Å². The van der Waals surface area contributed by atoms with Crippen LogP contribution in [-0.4, -0.2) is 30.3 Å². The lowest BCUT2D eigenvalue weighted by molar-refractivity contribution is -0.274. The maximum Gasteiger partial charge on any atom is 0.573 e. The second kappa shape index (κ2) is 4.78. The molecule has 1 unspecified atom stereocenters. The Morgan fingerprint density at radius 2 is 1.94 bits per heavy atom. The Labute approximate surface area is 102 Å².